The predicted molar refractivity (Wildman–Crippen MR) is 116 cm³/mol. The van der Waals surface area contributed by atoms with E-state index in [1.165, 1.54) is 0 Å². The summed E-state index contributed by atoms with van der Waals surface area (Å²) in [5, 5.41) is 18.7. The molecule has 1 amide bonds. The number of amides is 1. The number of carbonyl (C=O) groups is 1. The molecule has 6 nitrogen and oxygen atoms in total. The van der Waals surface area contributed by atoms with E-state index in [2.05, 4.69) is 32.1 Å². The molecule has 0 spiro atoms. The maximum atomic E-state index is 12.7. The van der Waals surface area contributed by atoms with Crippen LogP contribution in [0.1, 0.15) is 24.0 Å². The van der Waals surface area contributed by atoms with Crippen molar-refractivity contribution >= 4 is 46.0 Å². The summed E-state index contributed by atoms with van der Waals surface area (Å²) in [6.45, 7) is 0. The smallest absolute Gasteiger partial charge is 0.226 e. The van der Waals surface area contributed by atoms with Crippen LogP contribution in [0.4, 0.5) is 0 Å². The van der Waals surface area contributed by atoms with Gasteiger partial charge in [-0.05, 0) is 42.0 Å². The largest absolute Gasteiger partial charge is 0.346 e. The van der Waals surface area contributed by atoms with Crippen molar-refractivity contribution in [3.63, 3.8) is 0 Å². The Morgan fingerprint density at radius 2 is 2.21 bits per heavy atom. The Labute approximate surface area is 175 Å². The molecule has 4 aromatic heterocycles. The third-order valence-electron chi connectivity index (χ3n) is 4.26. The van der Waals surface area contributed by atoms with E-state index < -0.39 is 0 Å². The zero-order chi connectivity index (χ0) is 19.3. The van der Waals surface area contributed by atoms with Crippen LogP contribution in [-0.4, -0.2) is 37.5 Å². The van der Waals surface area contributed by atoms with E-state index in [0.717, 1.165) is 39.9 Å². The van der Waals surface area contributed by atoms with Gasteiger partial charge in [-0.25, -0.2) is 4.98 Å². The quantitative estimate of drug-likeness (QED) is 0.457. The molecule has 0 saturated carbocycles. The SMILES string of the molecule is CSCCC(NC(=O)Cc1csc(-c2ccsc2)n1)c1nnc2ccccn12. The van der Waals surface area contributed by atoms with Gasteiger partial charge in [0.2, 0.25) is 5.91 Å². The van der Waals surface area contributed by atoms with E-state index in [1.54, 1.807) is 34.4 Å². The first kappa shape index (κ1) is 19.1. The van der Waals surface area contributed by atoms with Gasteiger partial charge in [-0.2, -0.15) is 23.1 Å². The molecule has 0 radical (unpaired) electrons. The van der Waals surface area contributed by atoms with Crippen LogP contribution < -0.4 is 5.32 Å². The van der Waals surface area contributed by atoms with Gasteiger partial charge in [-0.15, -0.1) is 21.5 Å². The number of thiazole rings is 1. The van der Waals surface area contributed by atoms with Crippen molar-refractivity contribution in [1.82, 2.24) is 24.9 Å². The average Bonchev–Trinajstić information content (AvgIpc) is 3.44. The number of carbonyl (C=O) groups excluding carboxylic acids is 1. The van der Waals surface area contributed by atoms with Crippen molar-refractivity contribution in [2.24, 2.45) is 0 Å². The number of thioether (sulfide) groups is 1. The Hall–Kier alpha value is -2.23. The monoisotopic (exact) mass is 429 g/mol. The van der Waals surface area contributed by atoms with Gasteiger partial charge >= 0.3 is 0 Å². The first-order valence-electron chi connectivity index (χ1n) is 8.79. The minimum absolute atomic E-state index is 0.0547. The molecule has 4 heterocycles. The van der Waals surface area contributed by atoms with Crippen LogP contribution in [0.2, 0.25) is 0 Å². The van der Waals surface area contributed by atoms with E-state index in [-0.39, 0.29) is 18.4 Å². The lowest BCUT2D eigenvalue weighted by molar-refractivity contribution is -0.121. The Bertz CT molecular complexity index is 1060. The second-order valence-corrected chi connectivity index (χ2v) is 8.85. The van der Waals surface area contributed by atoms with E-state index >= 15 is 0 Å². The lowest BCUT2D eigenvalue weighted by Crippen LogP contribution is -2.31. The first-order valence-corrected chi connectivity index (χ1v) is 12.0. The number of pyridine rings is 1. The molecule has 1 unspecified atom stereocenters. The zero-order valence-corrected chi connectivity index (χ0v) is 17.7. The summed E-state index contributed by atoms with van der Waals surface area (Å²) in [7, 11) is 0. The molecule has 1 atom stereocenters. The van der Waals surface area contributed by atoms with E-state index in [1.807, 2.05) is 45.6 Å². The molecule has 0 aliphatic rings. The maximum Gasteiger partial charge on any atom is 0.226 e. The van der Waals surface area contributed by atoms with Gasteiger partial charge in [0.05, 0.1) is 18.2 Å². The lowest BCUT2D eigenvalue weighted by atomic mass is 10.2. The van der Waals surface area contributed by atoms with Gasteiger partial charge in [-0.1, -0.05) is 6.07 Å². The molecule has 4 aromatic rings. The van der Waals surface area contributed by atoms with Crippen LogP contribution in [0.15, 0.2) is 46.6 Å². The fourth-order valence-corrected chi connectivity index (χ4v) is 4.92. The molecule has 0 aliphatic carbocycles. The number of hydrogen-bond acceptors (Lipinski definition) is 7. The van der Waals surface area contributed by atoms with Gasteiger partial charge in [0, 0.05) is 22.5 Å². The zero-order valence-electron chi connectivity index (χ0n) is 15.2. The molecule has 0 aromatic carbocycles. The molecular formula is C19H19N5OS3. The number of rotatable bonds is 8. The molecule has 9 heteroatoms. The molecule has 0 aliphatic heterocycles. The summed E-state index contributed by atoms with van der Waals surface area (Å²) in [5.74, 6) is 1.63. The Morgan fingerprint density at radius 1 is 1.29 bits per heavy atom. The highest BCUT2D eigenvalue weighted by Crippen LogP contribution is 2.26. The van der Waals surface area contributed by atoms with Crippen molar-refractivity contribution in [3.8, 4) is 10.6 Å². The van der Waals surface area contributed by atoms with Crippen molar-refractivity contribution in [2.45, 2.75) is 18.9 Å². The number of nitrogens with one attached hydrogen (secondary N) is 1. The van der Waals surface area contributed by atoms with Crippen molar-refractivity contribution < 1.29 is 4.79 Å². The molecular weight excluding hydrogens is 410 g/mol. The number of aromatic nitrogens is 4. The number of hydrogen-bond donors (Lipinski definition) is 1. The van der Waals surface area contributed by atoms with Crippen LogP contribution in [-0.2, 0) is 11.2 Å². The van der Waals surface area contributed by atoms with Gasteiger partial charge < -0.3 is 5.32 Å². The highest BCUT2D eigenvalue weighted by molar-refractivity contribution is 7.98. The number of thiophene rings is 1. The second kappa shape index (κ2) is 8.85. The number of nitrogens with zero attached hydrogens (tertiary/aromatic N) is 4. The summed E-state index contributed by atoms with van der Waals surface area (Å²) >= 11 is 4.96. The summed E-state index contributed by atoms with van der Waals surface area (Å²) in [6, 6.07) is 7.63. The highest BCUT2D eigenvalue weighted by atomic mass is 32.2. The summed E-state index contributed by atoms with van der Waals surface area (Å²) in [5.41, 5.74) is 2.67. The minimum Gasteiger partial charge on any atom is -0.346 e. The molecule has 0 bridgehead atoms. The Balaban J connectivity index is 1.48. The first-order chi connectivity index (χ1) is 13.7. The van der Waals surface area contributed by atoms with Gasteiger partial charge in [0.1, 0.15) is 5.01 Å². The Morgan fingerprint density at radius 3 is 3.04 bits per heavy atom. The third kappa shape index (κ3) is 4.26. The third-order valence-corrected chi connectivity index (χ3v) is 6.53. The number of fused-ring (bicyclic) bond motifs is 1. The summed E-state index contributed by atoms with van der Waals surface area (Å²) < 4.78 is 1.93. The average molecular weight is 430 g/mol. The van der Waals surface area contributed by atoms with Crippen LogP contribution in [0.3, 0.4) is 0 Å². The molecule has 144 valence electrons. The van der Waals surface area contributed by atoms with Gasteiger partial charge in [0.15, 0.2) is 11.5 Å². The highest BCUT2D eigenvalue weighted by Gasteiger charge is 2.21. The molecule has 0 fully saturated rings. The normalized spacial score (nSPS) is 12.3. The summed E-state index contributed by atoms with van der Waals surface area (Å²) in [4.78, 5) is 17.3. The van der Waals surface area contributed by atoms with Crippen molar-refractivity contribution in [3.05, 3.63) is 58.1 Å². The maximum absolute atomic E-state index is 12.7. The molecule has 1 N–H and O–H groups in total. The second-order valence-electron chi connectivity index (χ2n) is 6.22. The molecule has 0 saturated heterocycles. The standard InChI is InChI=1S/C19H19N5OS3/c1-26-8-6-15(18-23-22-16-4-2-3-7-24(16)18)21-17(25)10-14-12-28-19(20-14)13-5-9-27-11-13/h2-5,7,9,11-12,15H,6,8,10H2,1H3,(H,21,25). The fourth-order valence-electron chi connectivity index (χ4n) is 2.92. The lowest BCUT2D eigenvalue weighted by Gasteiger charge is -2.16. The van der Waals surface area contributed by atoms with E-state index in [9.17, 15) is 4.79 Å². The predicted octanol–water partition coefficient (Wildman–Crippen LogP) is 4.07. The topological polar surface area (TPSA) is 72.2 Å². The molecule has 4 rings (SSSR count). The van der Waals surface area contributed by atoms with Crippen LogP contribution in [0.25, 0.3) is 16.2 Å². The van der Waals surface area contributed by atoms with Crippen molar-refractivity contribution in [2.75, 3.05) is 12.0 Å². The van der Waals surface area contributed by atoms with Crippen LogP contribution in [0, 0.1) is 0 Å². The Kier molecular flexibility index (Phi) is 6.04. The van der Waals surface area contributed by atoms with Gasteiger partial charge in [0.25, 0.3) is 0 Å². The van der Waals surface area contributed by atoms with Gasteiger partial charge in [-0.3, -0.25) is 9.20 Å². The molecule has 28 heavy (non-hydrogen) atoms. The van der Waals surface area contributed by atoms with E-state index in [0.29, 0.717) is 0 Å². The van der Waals surface area contributed by atoms with Crippen molar-refractivity contribution in [1.29, 1.82) is 0 Å². The summed E-state index contributed by atoms with van der Waals surface area (Å²) in [6.07, 6.45) is 5.03. The van der Waals surface area contributed by atoms with Crippen LogP contribution in [0.5, 0.6) is 0 Å². The minimum atomic E-state index is -0.188. The fraction of sp³-hybridized carbons (Fsp3) is 0.263. The van der Waals surface area contributed by atoms with Crippen LogP contribution >= 0.6 is 34.4 Å². The van der Waals surface area contributed by atoms with E-state index in [4.69, 9.17) is 0 Å².